The molecule has 0 aliphatic carbocycles. The molecule has 0 spiro atoms. The van der Waals surface area contributed by atoms with Gasteiger partial charge in [0.15, 0.2) is 0 Å². The normalized spacial score (nSPS) is 11.9. The van der Waals surface area contributed by atoms with Gasteiger partial charge in [-0.3, -0.25) is 0 Å². The second kappa shape index (κ2) is 10.8. The van der Waals surface area contributed by atoms with Gasteiger partial charge in [-0.1, -0.05) is 103 Å². The summed E-state index contributed by atoms with van der Waals surface area (Å²) in [6.45, 7) is 3.04. The molecule has 0 aliphatic rings. The molecule has 3 aromatic heterocycles. The van der Waals surface area contributed by atoms with Crippen molar-refractivity contribution in [2.75, 3.05) is 0 Å². The molecule has 7 aromatic carbocycles. The molecule has 4 nitrogen and oxygen atoms in total. The van der Waals surface area contributed by atoms with E-state index in [-0.39, 0.29) is 0 Å². The molecule has 0 aliphatic heterocycles. The SMILES string of the molecule is CCn1c(-c2cccc(-c3cc(-n4c5ccccc5c5ccccc54)cc(-n4c5ccccc5c5ccccc54)c3)c2)nc2ccccc21. The summed E-state index contributed by atoms with van der Waals surface area (Å²) in [4.78, 5) is 5.10. The second-order valence-corrected chi connectivity index (χ2v) is 12.7. The Kier molecular flexibility index (Phi) is 6.12. The van der Waals surface area contributed by atoms with Gasteiger partial charge in [-0.15, -0.1) is 0 Å². The highest BCUT2D eigenvalue weighted by molar-refractivity contribution is 6.10. The summed E-state index contributed by atoms with van der Waals surface area (Å²) in [5, 5.41) is 5.01. The molecular weight excluding hydrogens is 597 g/mol. The predicted molar refractivity (Wildman–Crippen MR) is 205 cm³/mol. The molecular formula is C45H32N4. The largest absolute Gasteiger partial charge is 0.324 e. The summed E-state index contributed by atoms with van der Waals surface area (Å²) < 4.78 is 7.16. The Bertz CT molecular complexity index is 2640. The van der Waals surface area contributed by atoms with E-state index in [4.69, 9.17) is 4.98 Å². The van der Waals surface area contributed by atoms with E-state index in [1.165, 1.54) is 43.6 Å². The van der Waals surface area contributed by atoms with Crippen LogP contribution in [0.5, 0.6) is 0 Å². The number of nitrogens with zero attached hydrogens (tertiary/aromatic N) is 4. The highest BCUT2D eigenvalue weighted by Crippen LogP contribution is 2.38. The van der Waals surface area contributed by atoms with Gasteiger partial charge in [0.1, 0.15) is 5.82 Å². The number of benzene rings is 7. The Labute approximate surface area is 283 Å². The summed E-state index contributed by atoms with van der Waals surface area (Å²) in [6.07, 6.45) is 0. The molecule has 0 radical (unpaired) electrons. The van der Waals surface area contributed by atoms with Crippen LogP contribution < -0.4 is 0 Å². The third kappa shape index (κ3) is 4.20. The molecule has 0 unspecified atom stereocenters. The van der Waals surface area contributed by atoms with Crippen LogP contribution in [0, 0.1) is 0 Å². The topological polar surface area (TPSA) is 27.7 Å². The lowest BCUT2D eigenvalue weighted by molar-refractivity contribution is 0.796. The van der Waals surface area contributed by atoms with Crippen molar-refractivity contribution in [1.82, 2.24) is 18.7 Å². The van der Waals surface area contributed by atoms with Crippen LogP contribution in [0.1, 0.15) is 6.92 Å². The first-order chi connectivity index (χ1) is 24.3. The summed E-state index contributed by atoms with van der Waals surface area (Å²) in [6, 6.07) is 59.3. The fourth-order valence-electron chi connectivity index (χ4n) is 7.88. The van der Waals surface area contributed by atoms with Crippen LogP contribution in [-0.4, -0.2) is 18.7 Å². The van der Waals surface area contributed by atoms with Crippen LogP contribution in [0.2, 0.25) is 0 Å². The Hall–Kier alpha value is -6.39. The zero-order valence-corrected chi connectivity index (χ0v) is 27.1. The molecule has 0 bridgehead atoms. The minimum atomic E-state index is 0.848. The standard InChI is InChI=1S/C45H32N4/c1-2-47-44-25-12-7-20-39(44)46-45(47)31-15-13-14-30(26-31)32-27-33(48-40-21-8-3-16-35(40)36-17-4-9-22-41(36)48)29-34(28-32)49-42-23-10-5-18-37(42)38-19-6-11-24-43(38)49/h3-29H,2H2,1H3. The lowest BCUT2D eigenvalue weighted by Gasteiger charge is -2.16. The summed E-state index contributed by atoms with van der Waals surface area (Å²) in [5.74, 6) is 0.992. The molecule has 0 saturated heterocycles. The quantitative estimate of drug-likeness (QED) is 0.186. The first-order valence-electron chi connectivity index (χ1n) is 16.9. The van der Waals surface area contributed by atoms with Crippen LogP contribution >= 0.6 is 0 Å². The van der Waals surface area contributed by atoms with Crippen LogP contribution in [0.15, 0.2) is 164 Å². The molecule has 10 rings (SSSR count). The van der Waals surface area contributed by atoms with Crippen LogP contribution in [0.3, 0.4) is 0 Å². The average molecular weight is 629 g/mol. The molecule has 232 valence electrons. The van der Waals surface area contributed by atoms with Crippen molar-refractivity contribution in [3.05, 3.63) is 164 Å². The molecule has 3 heterocycles. The summed E-state index contributed by atoms with van der Waals surface area (Å²) in [7, 11) is 0. The molecule has 0 fully saturated rings. The Balaban J connectivity index is 1.27. The van der Waals surface area contributed by atoms with E-state index in [2.05, 4.69) is 184 Å². The van der Waals surface area contributed by atoms with Gasteiger partial charge in [-0.2, -0.15) is 0 Å². The number of aromatic nitrogens is 4. The monoisotopic (exact) mass is 628 g/mol. The minimum Gasteiger partial charge on any atom is -0.324 e. The summed E-state index contributed by atoms with van der Waals surface area (Å²) >= 11 is 0. The Morgan fingerprint density at radius 3 is 1.37 bits per heavy atom. The molecule has 4 heteroatoms. The highest BCUT2D eigenvalue weighted by Gasteiger charge is 2.18. The van der Waals surface area contributed by atoms with Gasteiger partial charge >= 0.3 is 0 Å². The Morgan fingerprint density at radius 2 is 0.857 bits per heavy atom. The van der Waals surface area contributed by atoms with Crippen molar-refractivity contribution in [3.63, 3.8) is 0 Å². The first kappa shape index (κ1) is 27.7. The number of rotatable bonds is 5. The molecule has 10 aromatic rings. The van der Waals surface area contributed by atoms with E-state index in [9.17, 15) is 0 Å². The average Bonchev–Trinajstić information content (AvgIpc) is 3.82. The van der Waals surface area contributed by atoms with Gasteiger partial charge < -0.3 is 13.7 Å². The second-order valence-electron chi connectivity index (χ2n) is 12.7. The van der Waals surface area contributed by atoms with Crippen LogP contribution in [0.25, 0.3) is 88.5 Å². The van der Waals surface area contributed by atoms with Crippen molar-refractivity contribution < 1.29 is 0 Å². The Morgan fingerprint density at radius 1 is 0.408 bits per heavy atom. The van der Waals surface area contributed by atoms with E-state index >= 15 is 0 Å². The molecule has 0 saturated carbocycles. The number of hydrogen-bond acceptors (Lipinski definition) is 1. The van der Waals surface area contributed by atoms with E-state index in [0.29, 0.717) is 0 Å². The number of fused-ring (bicyclic) bond motifs is 7. The predicted octanol–water partition coefficient (Wildman–Crippen LogP) is 11.6. The van der Waals surface area contributed by atoms with Gasteiger partial charge in [-0.25, -0.2) is 4.98 Å². The van der Waals surface area contributed by atoms with E-state index < -0.39 is 0 Å². The van der Waals surface area contributed by atoms with E-state index in [1.54, 1.807) is 0 Å². The number of imidazole rings is 1. The van der Waals surface area contributed by atoms with Gasteiger partial charge in [0.2, 0.25) is 0 Å². The maximum atomic E-state index is 5.10. The first-order valence-corrected chi connectivity index (χ1v) is 16.9. The lowest BCUT2D eigenvalue weighted by Crippen LogP contribution is -2.00. The van der Waals surface area contributed by atoms with Gasteiger partial charge in [0.25, 0.3) is 0 Å². The minimum absolute atomic E-state index is 0.848. The third-order valence-electron chi connectivity index (χ3n) is 10.0. The van der Waals surface area contributed by atoms with Crippen molar-refractivity contribution in [2.45, 2.75) is 13.5 Å². The number of aryl methyl sites for hydroxylation is 1. The maximum absolute atomic E-state index is 5.10. The van der Waals surface area contributed by atoms with Crippen molar-refractivity contribution in [1.29, 1.82) is 0 Å². The van der Waals surface area contributed by atoms with Gasteiger partial charge in [0.05, 0.1) is 33.1 Å². The van der Waals surface area contributed by atoms with Crippen LogP contribution in [0.4, 0.5) is 0 Å². The highest BCUT2D eigenvalue weighted by atomic mass is 15.1. The zero-order valence-electron chi connectivity index (χ0n) is 27.1. The smallest absolute Gasteiger partial charge is 0.141 e. The maximum Gasteiger partial charge on any atom is 0.141 e. The van der Waals surface area contributed by atoms with Gasteiger partial charge in [-0.05, 0) is 78.7 Å². The third-order valence-corrected chi connectivity index (χ3v) is 10.0. The van der Waals surface area contributed by atoms with Crippen molar-refractivity contribution >= 4 is 54.6 Å². The molecule has 0 N–H and O–H groups in total. The van der Waals surface area contributed by atoms with E-state index in [1.807, 2.05) is 0 Å². The van der Waals surface area contributed by atoms with E-state index in [0.717, 1.165) is 51.5 Å². The number of hydrogen-bond donors (Lipinski definition) is 0. The molecule has 49 heavy (non-hydrogen) atoms. The molecule has 0 atom stereocenters. The van der Waals surface area contributed by atoms with Crippen molar-refractivity contribution in [2.24, 2.45) is 0 Å². The lowest BCUT2D eigenvalue weighted by atomic mass is 10.0. The molecule has 0 amide bonds. The fraction of sp³-hybridized carbons (Fsp3) is 0.0444. The zero-order chi connectivity index (χ0) is 32.5. The van der Waals surface area contributed by atoms with Gasteiger partial charge in [0, 0.05) is 45.0 Å². The van der Waals surface area contributed by atoms with Crippen molar-refractivity contribution in [3.8, 4) is 33.9 Å². The van der Waals surface area contributed by atoms with Crippen LogP contribution in [-0.2, 0) is 6.54 Å². The summed E-state index contributed by atoms with van der Waals surface area (Å²) in [5.41, 5.74) is 12.6. The number of para-hydroxylation sites is 6. The fourth-order valence-corrected chi connectivity index (χ4v) is 7.88.